The topological polar surface area (TPSA) is 65.5 Å². The van der Waals surface area contributed by atoms with Crippen molar-refractivity contribution in [2.45, 2.75) is 19.8 Å². The van der Waals surface area contributed by atoms with Gasteiger partial charge in [-0.25, -0.2) is 4.79 Å². The van der Waals surface area contributed by atoms with Gasteiger partial charge in [-0.05, 0) is 18.9 Å². The van der Waals surface area contributed by atoms with Crippen LogP contribution in [0, 0.1) is 0 Å². The first-order valence-corrected chi connectivity index (χ1v) is 7.92. The van der Waals surface area contributed by atoms with Crippen LogP contribution in [0.5, 0.6) is 0 Å². The van der Waals surface area contributed by atoms with Crippen molar-refractivity contribution in [3.8, 4) is 0 Å². The van der Waals surface area contributed by atoms with E-state index in [2.05, 4.69) is 10.3 Å². The number of aromatic nitrogens is 1. The number of pyridine rings is 1. The summed E-state index contributed by atoms with van der Waals surface area (Å²) in [7, 11) is 0. The Morgan fingerprint density at radius 3 is 2.68 bits per heavy atom. The molecule has 120 valence electrons. The van der Waals surface area contributed by atoms with Gasteiger partial charge in [0.25, 0.3) is 5.91 Å². The normalized spacial score (nSPS) is 15.4. The number of amides is 3. The van der Waals surface area contributed by atoms with Crippen LogP contribution >= 0.6 is 11.6 Å². The molecule has 0 aliphatic carbocycles. The molecule has 0 unspecified atom stereocenters. The quantitative estimate of drug-likeness (QED) is 0.925. The summed E-state index contributed by atoms with van der Waals surface area (Å²) in [6.45, 7) is 5.03. The Morgan fingerprint density at radius 1 is 1.23 bits per heavy atom. The molecule has 0 atom stereocenters. The summed E-state index contributed by atoms with van der Waals surface area (Å²) >= 11 is 5.88. The number of hydrogen-bond donors (Lipinski definition) is 1. The second kappa shape index (κ2) is 7.98. The molecule has 0 saturated carbocycles. The zero-order valence-corrected chi connectivity index (χ0v) is 13.5. The van der Waals surface area contributed by atoms with Crippen LogP contribution in [0.4, 0.5) is 4.79 Å². The Hall–Kier alpha value is -1.82. The lowest BCUT2D eigenvalue weighted by Crippen LogP contribution is -2.42. The largest absolute Gasteiger partial charge is 0.338 e. The minimum atomic E-state index is -0.0918. The van der Waals surface area contributed by atoms with Gasteiger partial charge in [0.05, 0.1) is 10.6 Å². The van der Waals surface area contributed by atoms with Crippen LogP contribution in [0.1, 0.15) is 30.1 Å². The fourth-order valence-corrected chi connectivity index (χ4v) is 2.55. The molecule has 1 aromatic rings. The Bertz CT molecular complexity index is 538. The molecule has 0 radical (unpaired) electrons. The van der Waals surface area contributed by atoms with Gasteiger partial charge < -0.3 is 15.1 Å². The van der Waals surface area contributed by atoms with Crippen LogP contribution in [-0.4, -0.2) is 59.4 Å². The standard InChI is InChI=1S/C15H21ClN4O2/c1-2-4-18-15(22)20-6-3-5-19(7-8-20)14(21)12-9-13(16)11-17-10-12/h9-11H,2-8H2,1H3,(H,18,22). The van der Waals surface area contributed by atoms with Crippen LogP contribution in [0.3, 0.4) is 0 Å². The Kier molecular flexibility index (Phi) is 6.00. The molecular formula is C15H21ClN4O2. The van der Waals surface area contributed by atoms with Gasteiger partial charge in [-0.2, -0.15) is 0 Å². The van der Waals surface area contributed by atoms with E-state index in [0.29, 0.717) is 43.3 Å². The van der Waals surface area contributed by atoms with Crippen LogP contribution in [-0.2, 0) is 0 Å². The highest BCUT2D eigenvalue weighted by atomic mass is 35.5. The van der Waals surface area contributed by atoms with Crippen molar-refractivity contribution in [2.24, 2.45) is 0 Å². The SMILES string of the molecule is CCCNC(=O)N1CCCN(C(=O)c2cncc(Cl)c2)CC1. The number of nitrogens with one attached hydrogen (secondary N) is 1. The highest BCUT2D eigenvalue weighted by molar-refractivity contribution is 6.30. The molecule has 22 heavy (non-hydrogen) atoms. The number of rotatable bonds is 3. The summed E-state index contributed by atoms with van der Waals surface area (Å²) in [5, 5.41) is 3.31. The average molecular weight is 325 g/mol. The number of carbonyl (C=O) groups excluding carboxylic acids is 2. The summed E-state index contributed by atoms with van der Waals surface area (Å²) in [5.74, 6) is -0.0918. The summed E-state index contributed by atoms with van der Waals surface area (Å²) in [5.41, 5.74) is 0.483. The van der Waals surface area contributed by atoms with Crippen molar-refractivity contribution in [3.63, 3.8) is 0 Å². The number of hydrogen-bond acceptors (Lipinski definition) is 3. The molecule has 0 aromatic carbocycles. The Balaban J connectivity index is 1.95. The summed E-state index contributed by atoms with van der Waals surface area (Å²) in [6.07, 6.45) is 4.69. The highest BCUT2D eigenvalue weighted by Crippen LogP contribution is 2.13. The van der Waals surface area contributed by atoms with Crippen LogP contribution < -0.4 is 5.32 Å². The van der Waals surface area contributed by atoms with Gasteiger partial charge in [0, 0.05) is 45.1 Å². The monoisotopic (exact) mass is 324 g/mol. The van der Waals surface area contributed by atoms with Crippen LogP contribution in [0.15, 0.2) is 18.5 Å². The summed E-state index contributed by atoms with van der Waals surface area (Å²) < 4.78 is 0. The predicted octanol–water partition coefficient (Wildman–Crippen LogP) is 2.00. The number of carbonyl (C=O) groups is 2. The molecule has 1 N–H and O–H groups in total. The maximum absolute atomic E-state index is 12.5. The summed E-state index contributed by atoms with van der Waals surface area (Å²) in [6, 6.07) is 1.56. The average Bonchev–Trinajstić information content (AvgIpc) is 2.78. The Morgan fingerprint density at radius 2 is 1.95 bits per heavy atom. The third-order valence-corrected chi connectivity index (χ3v) is 3.76. The molecule has 2 rings (SSSR count). The Labute approximate surface area is 135 Å². The van der Waals surface area contributed by atoms with E-state index in [1.807, 2.05) is 6.92 Å². The van der Waals surface area contributed by atoms with Gasteiger partial charge in [0.2, 0.25) is 0 Å². The van der Waals surface area contributed by atoms with E-state index in [1.54, 1.807) is 15.9 Å². The molecule has 1 aliphatic rings. The summed E-state index contributed by atoms with van der Waals surface area (Å²) in [4.78, 5) is 31.9. The van der Waals surface area contributed by atoms with Gasteiger partial charge in [-0.3, -0.25) is 9.78 Å². The number of nitrogens with zero attached hydrogens (tertiary/aromatic N) is 3. The van der Waals surface area contributed by atoms with E-state index in [1.165, 1.54) is 12.4 Å². The smallest absolute Gasteiger partial charge is 0.317 e. The van der Waals surface area contributed by atoms with Crippen molar-refractivity contribution in [1.29, 1.82) is 0 Å². The number of urea groups is 1. The second-order valence-electron chi connectivity index (χ2n) is 5.26. The predicted molar refractivity (Wildman–Crippen MR) is 85.0 cm³/mol. The second-order valence-corrected chi connectivity index (χ2v) is 5.69. The van der Waals surface area contributed by atoms with Crippen LogP contribution in [0.2, 0.25) is 5.02 Å². The first-order chi connectivity index (χ1) is 10.6. The molecule has 0 bridgehead atoms. The van der Waals surface area contributed by atoms with Crippen LogP contribution in [0.25, 0.3) is 0 Å². The fourth-order valence-electron chi connectivity index (χ4n) is 2.38. The van der Waals surface area contributed by atoms with Crippen molar-refractivity contribution in [3.05, 3.63) is 29.0 Å². The third-order valence-electron chi connectivity index (χ3n) is 3.55. The molecule has 1 fully saturated rings. The van der Waals surface area contributed by atoms with Gasteiger partial charge in [0.1, 0.15) is 0 Å². The minimum Gasteiger partial charge on any atom is -0.338 e. The molecule has 7 heteroatoms. The molecule has 1 aliphatic heterocycles. The lowest BCUT2D eigenvalue weighted by Gasteiger charge is -2.22. The molecule has 1 saturated heterocycles. The van der Waals surface area contributed by atoms with E-state index < -0.39 is 0 Å². The highest BCUT2D eigenvalue weighted by Gasteiger charge is 2.22. The third kappa shape index (κ3) is 4.34. The van der Waals surface area contributed by atoms with Gasteiger partial charge in [-0.1, -0.05) is 18.5 Å². The number of halogens is 1. The molecule has 2 heterocycles. The lowest BCUT2D eigenvalue weighted by atomic mass is 10.2. The van der Waals surface area contributed by atoms with Crippen molar-refractivity contribution in [2.75, 3.05) is 32.7 Å². The van der Waals surface area contributed by atoms with Gasteiger partial charge in [-0.15, -0.1) is 0 Å². The maximum Gasteiger partial charge on any atom is 0.317 e. The van der Waals surface area contributed by atoms with Crippen molar-refractivity contribution in [1.82, 2.24) is 20.1 Å². The van der Waals surface area contributed by atoms with Gasteiger partial charge in [0.15, 0.2) is 0 Å². The van der Waals surface area contributed by atoms with E-state index in [0.717, 1.165) is 12.8 Å². The van der Waals surface area contributed by atoms with E-state index in [-0.39, 0.29) is 11.9 Å². The zero-order chi connectivity index (χ0) is 15.9. The fraction of sp³-hybridized carbons (Fsp3) is 0.533. The molecular weight excluding hydrogens is 304 g/mol. The molecule has 6 nitrogen and oxygen atoms in total. The minimum absolute atomic E-state index is 0.0550. The lowest BCUT2D eigenvalue weighted by molar-refractivity contribution is 0.0762. The maximum atomic E-state index is 12.5. The van der Waals surface area contributed by atoms with E-state index in [9.17, 15) is 9.59 Å². The van der Waals surface area contributed by atoms with E-state index in [4.69, 9.17) is 11.6 Å². The first kappa shape index (κ1) is 16.5. The molecule has 0 spiro atoms. The zero-order valence-electron chi connectivity index (χ0n) is 12.7. The van der Waals surface area contributed by atoms with Crippen molar-refractivity contribution < 1.29 is 9.59 Å². The van der Waals surface area contributed by atoms with Gasteiger partial charge >= 0.3 is 6.03 Å². The van der Waals surface area contributed by atoms with Crippen molar-refractivity contribution >= 4 is 23.5 Å². The molecule has 3 amide bonds. The molecule has 1 aromatic heterocycles. The van der Waals surface area contributed by atoms with E-state index >= 15 is 0 Å². The first-order valence-electron chi connectivity index (χ1n) is 7.54.